The van der Waals surface area contributed by atoms with Gasteiger partial charge < -0.3 is 24.4 Å². The van der Waals surface area contributed by atoms with Crippen molar-refractivity contribution in [1.82, 2.24) is 4.90 Å². The van der Waals surface area contributed by atoms with Crippen molar-refractivity contribution in [3.63, 3.8) is 0 Å². The summed E-state index contributed by atoms with van der Waals surface area (Å²) < 4.78 is 11.2. The highest BCUT2D eigenvalue weighted by Gasteiger charge is 2.23. The van der Waals surface area contributed by atoms with Gasteiger partial charge in [0.2, 0.25) is 0 Å². The van der Waals surface area contributed by atoms with Gasteiger partial charge in [-0.1, -0.05) is 13.3 Å². The number of amides is 1. The second kappa shape index (κ2) is 9.35. The molecular formula is C22H28N2O4. The number of piperazine rings is 1. The lowest BCUT2D eigenvalue weighted by molar-refractivity contribution is 0.0746. The van der Waals surface area contributed by atoms with Crippen molar-refractivity contribution in [2.75, 3.05) is 44.8 Å². The maximum absolute atomic E-state index is 12.9. The predicted molar refractivity (Wildman–Crippen MR) is 110 cm³/mol. The fraction of sp³-hybridized carbons (Fsp3) is 0.409. The Kier molecular flexibility index (Phi) is 6.63. The van der Waals surface area contributed by atoms with E-state index in [-0.39, 0.29) is 11.7 Å². The maximum Gasteiger partial charge on any atom is 0.254 e. The molecule has 0 aliphatic carbocycles. The molecule has 6 nitrogen and oxygen atoms in total. The Morgan fingerprint density at radius 2 is 1.75 bits per heavy atom. The number of phenolic OH excluding ortho intramolecular Hbond substituents is 1. The lowest BCUT2D eigenvalue weighted by atomic mass is 10.1. The van der Waals surface area contributed by atoms with Crippen molar-refractivity contribution in [3.8, 4) is 17.2 Å². The van der Waals surface area contributed by atoms with Crippen molar-refractivity contribution in [2.24, 2.45) is 0 Å². The Morgan fingerprint density at radius 1 is 1.04 bits per heavy atom. The number of carbonyl (C=O) groups is 1. The van der Waals surface area contributed by atoms with E-state index in [1.165, 1.54) is 0 Å². The third kappa shape index (κ3) is 4.68. The van der Waals surface area contributed by atoms with Crippen molar-refractivity contribution in [2.45, 2.75) is 19.8 Å². The Bertz CT molecular complexity index is 784. The molecule has 1 fully saturated rings. The summed E-state index contributed by atoms with van der Waals surface area (Å²) in [4.78, 5) is 17.0. The largest absolute Gasteiger partial charge is 0.508 e. The van der Waals surface area contributed by atoms with Gasteiger partial charge in [0.15, 0.2) is 11.5 Å². The van der Waals surface area contributed by atoms with Crippen LogP contribution in [-0.2, 0) is 0 Å². The molecule has 1 aliphatic rings. The minimum Gasteiger partial charge on any atom is -0.508 e. The van der Waals surface area contributed by atoms with E-state index in [0.29, 0.717) is 36.8 Å². The Labute approximate surface area is 166 Å². The molecule has 0 saturated carbocycles. The number of phenols is 1. The predicted octanol–water partition coefficient (Wildman–Crippen LogP) is 3.54. The third-order valence-electron chi connectivity index (χ3n) is 4.95. The average molecular weight is 384 g/mol. The molecule has 1 saturated heterocycles. The number of anilines is 1. The topological polar surface area (TPSA) is 62.2 Å². The molecule has 0 unspecified atom stereocenters. The Hall–Kier alpha value is -2.89. The van der Waals surface area contributed by atoms with E-state index in [0.717, 1.165) is 31.6 Å². The number of rotatable bonds is 7. The first kappa shape index (κ1) is 19.9. The van der Waals surface area contributed by atoms with Crippen molar-refractivity contribution < 1.29 is 19.4 Å². The van der Waals surface area contributed by atoms with Gasteiger partial charge in [0, 0.05) is 37.4 Å². The lowest BCUT2D eigenvalue weighted by Gasteiger charge is -2.36. The zero-order chi connectivity index (χ0) is 19.9. The van der Waals surface area contributed by atoms with Gasteiger partial charge in [0.1, 0.15) is 5.75 Å². The number of carbonyl (C=O) groups excluding carboxylic acids is 1. The smallest absolute Gasteiger partial charge is 0.254 e. The number of methoxy groups -OCH3 is 1. The van der Waals surface area contributed by atoms with Gasteiger partial charge >= 0.3 is 0 Å². The molecule has 2 aromatic rings. The minimum absolute atomic E-state index is 0.00349. The first-order chi connectivity index (χ1) is 13.6. The molecule has 2 aromatic carbocycles. The van der Waals surface area contributed by atoms with Crippen LogP contribution in [0.1, 0.15) is 30.1 Å². The Morgan fingerprint density at radius 3 is 2.39 bits per heavy atom. The molecule has 1 amide bonds. The summed E-state index contributed by atoms with van der Waals surface area (Å²) in [7, 11) is 1.59. The van der Waals surface area contributed by atoms with E-state index in [9.17, 15) is 9.90 Å². The van der Waals surface area contributed by atoms with Crippen molar-refractivity contribution in [1.29, 1.82) is 0 Å². The molecule has 1 N–H and O–H groups in total. The summed E-state index contributed by atoms with van der Waals surface area (Å²) in [5, 5.41) is 9.43. The SMILES string of the molecule is CCCCOc1ccc(C(=O)N2CCN(c3ccc(O)cc3)CC2)cc1OC. The summed E-state index contributed by atoms with van der Waals surface area (Å²) in [6.45, 7) is 5.56. The van der Waals surface area contributed by atoms with Crippen LogP contribution in [0.3, 0.4) is 0 Å². The summed E-state index contributed by atoms with van der Waals surface area (Å²) in [5.41, 5.74) is 1.66. The highest BCUT2D eigenvalue weighted by Crippen LogP contribution is 2.29. The van der Waals surface area contributed by atoms with E-state index >= 15 is 0 Å². The molecule has 1 aliphatic heterocycles. The minimum atomic E-state index is 0.00349. The van der Waals surface area contributed by atoms with Gasteiger partial charge in [-0.15, -0.1) is 0 Å². The molecule has 150 valence electrons. The van der Waals surface area contributed by atoms with Crippen LogP contribution in [0.2, 0.25) is 0 Å². The summed E-state index contributed by atoms with van der Waals surface area (Å²) in [6, 6.07) is 12.5. The normalized spacial score (nSPS) is 14.1. The summed E-state index contributed by atoms with van der Waals surface area (Å²) in [5.74, 6) is 1.52. The van der Waals surface area contributed by atoms with Crippen LogP contribution in [0.5, 0.6) is 17.2 Å². The molecule has 28 heavy (non-hydrogen) atoms. The average Bonchev–Trinajstić information content (AvgIpc) is 2.74. The van der Waals surface area contributed by atoms with Gasteiger partial charge in [-0.3, -0.25) is 4.79 Å². The van der Waals surface area contributed by atoms with Gasteiger partial charge in [0.05, 0.1) is 13.7 Å². The number of aromatic hydroxyl groups is 1. The van der Waals surface area contributed by atoms with E-state index in [1.54, 1.807) is 31.4 Å². The lowest BCUT2D eigenvalue weighted by Crippen LogP contribution is -2.48. The summed E-state index contributed by atoms with van der Waals surface area (Å²) >= 11 is 0. The Balaban J connectivity index is 1.62. The maximum atomic E-state index is 12.9. The fourth-order valence-electron chi connectivity index (χ4n) is 3.26. The quantitative estimate of drug-likeness (QED) is 0.740. The number of hydrogen-bond acceptors (Lipinski definition) is 5. The van der Waals surface area contributed by atoms with Gasteiger partial charge in [0.25, 0.3) is 5.91 Å². The molecule has 0 bridgehead atoms. The van der Waals surface area contributed by atoms with Crippen LogP contribution in [0.15, 0.2) is 42.5 Å². The van der Waals surface area contributed by atoms with Crippen molar-refractivity contribution in [3.05, 3.63) is 48.0 Å². The second-order valence-electron chi connectivity index (χ2n) is 6.86. The van der Waals surface area contributed by atoms with E-state index in [2.05, 4.69) is 11.8 Å². The number of benzene rings is 2. The number of nitrogens with zero attached hydrogens (tertiary/aromatic N) is 2. The van der Waals surface area contributed by atoms with Crippen LogP contribution >= 0.6 is 0 Å². The number of unbranched alkanes of at least 4 members (excludes halogenated alkanes) is 1. The van der Waals surface area contributed by atoms with Crippen LogP contribution in [-0.4, -0.2) is 55.8 Å². The van der Waals surface area contributed by atoms with Gasteiger partial charge in [-0.2, -0.15) is 0 Å². The van der Waals surface area contributed by atoms with E-state index in [4.69, 9.17) is 9.47 Å². The molecule has 6 heteroatoms. The molecule has 0 atom stereocenters. The van der Waals surface area contributed by atoms with Gasteiger partial charge in [-0.05, 0) is 48.9 Å². The summed E-state index contributed by atoms with van der Waals surface area (Å²) in [6.07, 6.45) is 2.05. The van der Waals surface area contributed by atoms with Crippen LogP contribution in [0, 0.1) is 0 Å². The first-order valence-electron chi connectivity index (χ1n) is 9.76. The van der Waals surface area contributed by atoms with E-state index < -0.39 is 0 Å². The molecule has 1 heterocycles. The molecule has 0 aromatic heterocycles. The monoisotopic (exact) mass is 384 g/mol. The van der Waals surface area contributed by atoms with E-state index in [1.807, 2.05) is 23.1 Å². The molecule has 0 spiro atoms. The van der Waals surface area contributed by atoms with Crippen LogP contribution in [0.25, 0.3) is 0 Å². The zero-order valence-corrected chi connectivity index (χ0v) is 16.6. The first-order valence-corrected chi connectivity index (χ1v) is 9.76. The van der Waals surface area contributed by atoms with Gasteiger partial charge in [-0.25, -0.2) is 0 Å². The highest BCUT2D eigenvalue weighted by molar-refractivity contribution is 5.95. The molecule has 3 rings (SSSR count). The number of hydrogen-bond donors (Lipinski definition) is 1. The second-order valence-corrected chi connectivity index (χ2v) is 6.86. The standard InChI is InChI=1S/C22H28N2O4/c1-3-4-15-28-20-10-5-17(16-21(20)27-2)22(26)24-13-11-23(12-14-24)18-6-8-19(25)9-7-18/h5-10,16,25H,3-4,11-15H2,1-2H3. The highest BCUT2D eigenvalue weighted by atomic mass is 16.5. The molecular weight excluding hydrogens is 356 g/mol. The molecule has 0 radical (unpaired) electrons. The zero-order valence-electron chi connectivity index (χ0n) is 16.6. The van der Waals surface area contributed by atoms with Crippen LogP contribution < -0.4 is 14.4 Å². The fourth-order valence-corrected chi connectivity index (χ4v) is 3.26. The van der Waals surface area contributed by atoms with Crippen molar-refractivity contribution >= 4 is 11.6 Å². The third-order valence-corrected chi connectivity index (χ3v) is 4.95. The number of ether oxygens (including phenoxy) is 2. The van der Waals surface area contributed by atoms with Crippen LogP contribution in [0.4, 0.5) is 5.69 Å².